The highest BCUT2D eigenvalue weighted by atomic mass is 35.5. The Labute approximate surface area is 178 Å². The molecule has 29 heavy (non-hydrogen) atoms. The van der Waals surface area contributed by atoms with Crippen LogP contribution in [0, 0.1) is 5.41 Å². The lowest BCUT2D eigenvalue weighted by Gasteiger charge is -2.18. The van der Waals surface area contributed by atoms with Crippen molar-refractivity contribution >= 4 is 11.0 Å². The number of aromatic nitrogens is 2. The summed E-state index contributed by atoms with van der Waals surface area (Å²) in [5.74, 6) is 0.735. The van der Waals surface area contributed by atoms with Crippen molar-refractivity contribution in [3.8, 4) is 5.75 Å². The Bertz CT molecular complexity index is 935. The quantitative estimate of drug-likeness (QED) is 0.476. The number of benzene rings is 2. The summed E-state index contributed by atoms with van der Waals surface area (Å²) in [6.07, 6.45) is -0.698. The van der Waals surface area contributed by atoms with Crippen molar-refractivity contribution < 1.29 is 22.3 Å². The van der Waals surface area contributed by atoms with E-state index in [0.717, 1.165) is 43.0 Å². The second-order valence-corrected chi connectivity index (χ2v) is 6.88. The molecule has 0 saturated carbocycles. The van der Waals surface area contributed by atoms with Gasteiger partial charge in [0, 0.05) is 13.1 Å². The van der Waals surface area contributed by atoms with Crippen LogP contribution in [0.3, 0.4) is 0 Å². The molecule has 1 heterocycles. The van der Waals surface area contributed by atoms with Crippen molar-refractivity contribution in [1.29, 1.82) is 5.41 Å². The zero-order valence-corrected chi connectivity index (χ0v) is 17.8. The van der Waals surface area contributed by atoms with E-state index < -0.39 is 6.10 Å². The minimum atomic E-state index is -0.698. The van der Waals surface area contributed by atoms with Gasteiger partial charge < -0.3 is 36.3 Å². The third kappa shape index (κ3) is 5.63. The summed E-state index contributed by atoms with van der Waals surface area (Å²) >= 11 is 0. The SMILES string of the molecule is CCN(CC)CCn1c(=N)n(CC(O)COc2ccccc2)c2ccccc21.[Cl-]. The first-order valence-corrected chi connectivity index (χ1v) is 9.95. The minimum Gasteiger partial charge on any atom is -1.00 e. The van der Waals surface area contributed by atoms with E-state index in [0.29, 0.717) is 12.2 Å². The van der Waals surface area contributed by atoms with E-state index in [-0.39, 0.29) is 19.0 Å². The van der Waals surface area contributed by atoms with Crippen molar-refractivity contribution in [1.82, 2.24) is 14.0 Å². The van der Waals surface area contributed by atoms with Crippen molar-refractivity contribution in [2.24, 2.45) is 0 Å². The number of likely N-dealkylation sites (N-methyl/N-ethyl adjacent to an activating group) is 1. The first-order chi connectivity index (χ1) is 13.6. The number of nitrogens with zero attached hydrogens (tertiary/aromatic N) is 3. The molecule has 1 unspecified atom stereocenters. The molecule has 158 valence electrons. The number of imidazole rings is 1. The number of rotatable bonds is 10. The van der Waals surface area contributed by atoms with E-state index in [1.165, 1.54) is 0 Å². The highest BCUT2D eigenvalue weighted by Crippen LogP contribution is 2.14. The van der Waals surface area contributed by atoms with Gasteiger partial charge in [-0.25, -0.2) is 0 Å². The van der Waals surface area contributed by atoms with Crippen LogP contribution in [0.25, 0.3) is 11.0 Å². The smallest absolute Gasteiger partial charge is 0.203 e. The molecule has 6 nitrogen and oxygen atoms in total. The molecule has 0 fully saturated rings. The van der Waals surface area contributed by atoms with Crippen LogP contribution in [0.15, 0.2) is 54.6 Å². The second-order valence-electron chi connectivity index (χ2n) is 6.88. The van der Waals surface area contributed by atoms with Crippen LogP contribution >= 0.6 is 0 Å². The number of hydrogen-bond acceptors (Lipinski definition) is 4. The monoisotopic (exact) mass is 417 g/mol. The summed E-state index contributed by atoms with van der Waals surface area (Å²) in [5.41, 5.74) is 2.40. The van der Waals surface area contributed by atoms with Crippen LogP contribution in [-0.4, -0.2) is 51.5 Å². The van der Waals surface area contributed by atoms with Crippen molar-refractivity contribution in [2.45, 2.75) is 33.0 Å². The number of hydrogen-bond donors (Lipinski definition) is 2. The van der Waals surface area contributed by atoms with Gasteiger partial charge in [0.25, 0.3) is 0 Å². The molecule has 0 spiro atoms. The van der Waals surface area contributed by atoms with Gasteiger partial charge in [-0.05, 0) is 37.4 Å². The Kier molecular flexibility index (Phi) is 8.76. The molecule has 3 rings (SSSR count). The summed E-state index contributed by atoms with van der Waals surface area (Å²) in [6.45, 7) is 8.48. The molecule has 0 aliphatic rings. The first-order valence-electron chi connectivity index (χ1n) is 9.95. The number of aliphatic hydroxyl groups excluding tert-OH is 1. The lowest BCUT2D eigenvalue weighted by molar-refractivity contribution is -0.00000808. The zero-order chi connectivity index (χ0) is 19.9. The molecule has 2 N–H and O–H groups in total. The predicted molar refractivity (Wildman–Crippen MR) is 112 cm³/mol. The maximum Gasteiger partial charge on any atom is 0.203 e. The van der Waals surface area contributed by atoms with Crippen LogP contribution in [0.5, 0.6) is 5.75 Å². The lowest BCUT2D eigenvalue weighted by Crippen LogP contribution is -3.00. The van der Waals surface area contributed by atoms with Gasteiger partial charge in [-0.15, -0.1) is 0 Å². The van der Waals surface area contributed by atoms with Gasteiger partial charge in [0.1, 0.15) is 18.5 Å². The Balaban J connectivity index is 0.00000300. The molecule has 0 saturated heterocycles. The Morgan fingerprint density at radius 1 is 0.966 bits per heavy atom. The molecule has 0 aliphatic carbocycles. The zero-order valence-electron chi connectivity index (χ0n) is 17.1. The van der Waals surface area contributed by atoms with E-state index in [1.54, 1.807) is 0 Å². The van der Waals surface area contributed by atoms with Gasteiger partial charge in [-0.2, -0.15) is 0 Å². The molecule has 7 heteroatoms. The molecule has 0 aliphatic heterocycles. The molecule has 0 radical (unpaired) electrons. The third-order valence-electron chi connectivity index (χ3n) is 5.09. The van der Waals surface area contributed by atoms with Crippen molar-refractivity contribution in [3.63, 3.8) is 0 Å². The Morgan fingerprint density at radius 2 is 1.55 bits per heavy atom. The van der Waals surface area contributed by atoms with Gasteiger partial charge in [0.15, 0.2) is 0 Å². The largest absolute Gasteiger partial charge is 1.00 e. The minimum absolute atomic E-state index is 0. The number of nitrogens with one attached hydrogen (secondary N) is 1. The fraction of sp³-hybridized carbons (Fsp3) is 0.409. The van der Waals surface area contributed by atoms with Crippen LogP contribution in [0.4, 0.5) is 0 Å². The second kappa shape index (κ2) is 11.0. The number of fused-ring (bicyclic) bond motifs is 1. The van der Waals surface area contributed by atoms with Crippen molar-refractivity contribution in [3.05, 3.63) is 60.2 Å². The maximum atomic E-state index is 10.5. The molecule has 0 amide bonds. The molecule has 0 bridgehead atoms. The van der Waals surface area contributed by atoms with Gasteiger partial charge in [-0.3, -0.25) is 5.41 Å². The normalized spacial score (nSPS) is 12.1. The molecular formula is C22H30ClN4O2-. The lowest BCUT2D eigenvalue weighted by atomic mass is 10.3. The van der Waals surface area contributed by atoms with Gasteiger partial charge in [0.05, 0.1) is 17.6 Å². The molecular weight excluding hydrogens is 388 g/mol. The van der Waals surface area contributed by atoms with Gasteiger partial charge >= 0.3 is 0 Å². The van der Waals surface area contributed by atoms with Crippen LogP contribution in [0.1, 0.15) is 13.8 Å². The van der Waals surface area contributed by atoms with Gasteiger partial charge in [-0.1, -0.05) is 44.2 Å². The van der Waals surface area contributed by atoms with E-state index in [9.17, 15) is 5.11 Å². The number of para-hydroxylation sites is 3. The average molecular weight is 418 g/mol. The number of halogens is 1. The standard InChI is InChI=1S/C22H30N4O2.ClH/c1-3-24(4-2)14-15-25-20-12-8-9-13-21(20)26(22(25)23)16-18(27)17-28-19-10-6-5-7-11-19;/h5-13,18,23,27H,3-4,14-17H2,1-2H3;1H/p-1. The van der Waals surface area contributed by atoms with Gasteiger partial charge in [0.2, 0.25) is 5.62 Å². The molecule has 1 atom stereocenters. The average Bonchev–Trinajstić information content (AvgIpc) is 2.99. The third-order valence-corrected chi connectivity index (χ3v) is 5.09. The fourth-order valence-electron chi connectivity index (χ4n) is 3.46. The maximum absolute atomic E-state index is 10.5. The van der Waals surface area contributed by atoms with E-state index in [1.807, 2.05) is 63.7 Å². The summed E-state index contributed by atoms with van der Waals surface area (Å²) in [7, 11) is 0. The molecule has 1 aromatic heterocycles. The highest BCUT2D eigenvalue weighted by Gasteiger charge is 2.15. The highest BCUT2D eigenvalue weighted by molar-refractivity contribution is 5.75. The van der Waals surface area contributed by atoms with Crippen LogP contribution in [0.2, 0.25) is 0 Å². The number of aliphatic hydroxyl groups is 1. The molecule has 2 aromatic carbocycles. The predicted octanol–water partition coefficient (Wildman–Crippen LogP) is -0.292. The Morgan fingerprint density at radius 3 is 2.17 bits per heavy atom. The van der Waals surface area contributed by atoms with E-state index in [4.69, 9.17) is 10.1 Å². The summed E-state index contributed by atoms with van der Waals surface area (Å²) < 4.78 is 9.57. The van der Waals surface area contributed by atoms with E-state index in [2.05, 4.69) is 18.7 Å². The summed E-state index contributed by atoms with van der Waals surface area (Å²) in [4.78, 5) is 2.35. The summed E-state index contributed by atoms with van der Waals surface area (Å²) in [5, 5.41) is 19.2. The van der Waals surface area contributed by atoms with Crippen LogP contribution in [-0.2, 0) is 13.1 Å². The topological polar surface area (TPSA) is 66.4 Å². The molecule has 3 aromatic rings. The number of ether oxygens (including phenoxy) is 1. The van der Waals surface area contributed by atoms with E-state index >= 15 is 0 Å². The Hall–Kier alpha value is -2.28. The summed E-state index contributed by atoms with van der Waals surface area (Å²) in [6, 6.07) is 17.5. The fourth-order valence-corrected chi connectivity index (χ4v) is 3.46. The van der Waals surface area contributed by atoms with Crippen molar-refractivity contribution in [2.75, 3.05) is 26.2 Å². The van der Waals surface area contributed by atoms with Crippen LogP contribution < -0.4 is 22.8 Å². The first kappa shape index (κ1) is 23.0.